The third-order valence-corrected chi connectivity index (χ3v) is 9.58. The predicted octanol–water partition coefficient (Wildman–Crippen LogP) is 5.62. The highest BCUT2D eigenvalue weighted by Crippen LogP contribution is 2.52. The second kappa shape index (κ2) is 11.2. The van der Waals surface area contributed by atoms with Crippen LogP contribution >= 0.6 is 12.1 Å². The van der Waals surface area contributed by atoms with Gasteiger partial charge in [-0.3, -0.25) is 9.36 Å². The summed E-state index contributed by atoms with van der Waals surface area (Å²) < 4.78 is 40.6. The Hall–Kier alpha value is -4.47. The number of nitrogens with one attached hydrogen (secondary N) is 1. The molecule has 1 aromatic heterocycles. The first-order chi connectivity index (χ1) is 21.3. The molecule has 12 heteroatoms. The van der Waals surface area contributed by atoms with Crippen molar-refractivity contribution in [2.24, 2.45) is 11.3 Å². The Labute approximate surface area is 256 Å². The molecule has 3 aliphatic rings. The summed E-state index contributed by atoms with van der Waals surface area (Å²) >= 11 is 1.15. The van der Waals surface area contributed by atoms with Gasteiger partial charge in [0.2, 0.25) is 0 Å². The van der Waals surface area contributed by atoms with Crippen molar-refractivity contribution in [3.63, 3.8) is 0 Å². The second-order valence-electron chi connectivity index (χ2n) is 11.8. The number of rotatable bonds is 8. The first-order valence-electron chi connectivity index (χ1n) is 14.4. The average Bonchev–Trinajstić information content (AvgIpc) is 3.42. The zero-order valence-corrected chi connectivity index (χ0v) is 24.4. The van der Waals surface area contributed by atoms with Crippen molar-refractivity contribution in [2.75, 3.05) is 35.8 Å². The lowest BCUT2D eigenvalue weighted by atomic mass is 9.58. The smallest absolute Gasteiger partial charge is 0.265 e. The van der Waals surface area contributed by atoms with Gasteiger partial charge in [0.15, 0.2) is 11.6 Å². The Morgan fingerprint density at radius 1 is 1.11 bits per heavy atom. The molecule has 0 bridgehead atoms. The van der Waals surface area contributed by atoms with Crippen molar-refractivity contribution in [3.8, 4) is 23.3 Å². The van der Waals surface area contributed by atoms with Gasteiger partial charge in [-0.05, 0) is 73.9 Å². The number of ether oxygens (including phenoxy) is 1. The fraction of sp³-hybridized carbons (Fsp3) is 0.312. The standard InChI is InChI=1S/C32H28F2N6O3S/c33-21-9-10-39(15-21)44-37-29-8-6-27(34)30(26(29)14-35)43-24-5-7-28-25(11-24)31(42)40(19-36-28)23-3-1-22(2-4-23)38-17-32(18-38)12-20(13-32)16-41/h1-8,11,16,19-21,37H,9-10,12-13,15,17-18H2. The summed E-state index contributed by atoms with van der Waals surface area (Å²) in [6.07, 6.45) is 3.99. The van der Waals surface area contributed by atoms with Gasteiger partial charge in [0, 0.05) is 55.3 Å². The summed E-state index contributed by atoms with van der Waals surface area (Å²) in [4.78, 5) is 31.2. The average molecular weight is 615 g/mol. The van der Waals surface area contributed by atoms with E-state index >= 15 is 0 Å². The molecule has 0 amide bonds. The summed E-state index contributed by atoms with van der Waals surface area (Å²) in [5.41, 5.74) is 2.37. The fourth-order valence-corrected chi connectivity index (χ4v) is 7.21. The number of fused-ring (bicyclic) bond motifs is 1. The van der Waals surface area contributed by atoms with Crippen molar-refractivity contribution in [3.05, 3.63) is 82.7 Å². The molecule has 1 spiro atoms. The van der Waals surface area contributed by atoms with Crippen molar-refractivity contribution >= 4 is 40.7 Å². The molecule has 3 heterocycles. The van der Waals surface area contributed by atoms with Crippen molar-refractivity contribution in [1.82, 2.24) is 13.9 Å². The molecule has 9 nitrogen and oxygen atoms in total. The minimum Gasteiger partial charge on any atom is -0.453 e. The molecule has 224 valence electrons. The minimum atomic E-state index is -0.901. The van der Waals surface area contributed by atoms with Crippen LogP contribution in [0.1, 0.15) is 24.8 Å². The van der Waals surface area contributed by atoms with E-state index in [0.717, 1.165) is 50.0 Å². The highest BCUT2D eigenvalue weighted by atomic mass is 32.2. The van der Waals surface area contributed by atoms with E-state index in [1.807, 2.05) is 30.3 Å². The van der Waals surface area contributed by atoms with Crippen LogP contribution in [0.4, 0.5) is 20.2 Å². The zero-order valence-electron chi connectivity index (χ0n) is 23.6. The van der Waals surface area contributed by atoms with E-state index in [-0.39, 0.29) is 45.9 Å². The van der Waals surface area contributed by atoms with Gasteiger partial charge < -0.3 is 19.2 Å². The van der Waals surface area contributed by atoms with Crippen LogP contribution in [-0.4, -0.2) is 52.5 Å². The maximum atomic E-state index is 14.9. The number of alkyl halides is 1. The molecule has 1 unspecified atom stereocenters. The van der Waals surface area contributed by atoms with Crippen LogP contribution in [0.25, 0.3) is 16.6 Å². The SMILES string of the molecule is N#Cc1c(NSN2CCC(F)C2)ccc(F)c1Oc1ccc2ncn(-c3ccc(N4CC5(CC(C=O)C5)C4)cc3)c(=O)c2c1. The highest BCUT2D eigenvalue weighted by molar-refractivity contribution is 7.98. The minimum absolute atomic E-state index is 0.0498. The van der Waals surface area contributed by atoms with Crippen LogP contribution in [0.5, 0.6) is 11.5 Å². The van der Waals surface area contributed by atoms with Gasteiger partial charge in [-0.25, -0.2) is 18.1 Å². The van der Waals surface area contributed by atoms with Crippen molar-refractivity contribution in [2.45, 2.75) is 25.4 Å². The maximum absolute atomic E-state index is 14.9. The summed E-state index contributed by atoms with van der Waals surface area (Å²) in [6.45, 7) is 2.68. The number of aromatic nitrogens is 2. The van der Waals surface area contributed by atoms with Gasteiger partial charge in [0.05, 0.1) is 22.3 Å². The van der Waals surface area contributed by atoms with Crippen LogP contribution in [0, 0.1) is 28.5 Å². The molecule has 3 aromatic carbocycles. The number of benzene rings is 3. The van der Waals surface area contributed by atoms with Gasteiger partial charge >= 0.3 is 0 Å². The van der Waals surface area contributed by atoms with Crippen LogP contribution < -0.4 is 19.9 Å². The van der Waals surface area contributed by atoms with E-state index in [2.05, 4.69) is 14.6 Å². The fourth-order valence-electron chi connectivity index (χ4n) is 6.38. The molecule has 1 N–H and O–H groups in total. The zero-order chi connectivity index (χ0) is 30.4. The van der Waals surface area contributed by atoms with E-state index in [1.54, 1.807) is 16.4 Å². The number of nitrogens with zero attached hydrogens (tertiary/aromatic N) is 5. The van der Waals surface area contributed by atoms with Gasteiger partial charge in [0.25, 0.3) is 5.56 Å². The van der Waals surface area contributed by atoms with Crippen molar-refractivity contribution < 1.29 is 18.3 Å². The molecular weight excluding hydrogens is 586 g/mol. The first-order valence-corrected chi connectivity index (χ1v) is 15.2. The largest absolute Gasteiger partial charge is 0.453 e. The Morgan fingerprint density at radius 2 is 1.89 bits per heavy atom. The third-order valence-electron chi connectivity index (χ3n) is 8.68. The summed E-state index contributed by atoms with van der Waals surface area (Å²) in [6, 6.07) is 17.0. The van der Waals surface area contributed by atoms with E-state index in [0.29, 0.717) is 29.9 Å². The molecule has 1 saturated carbocycles. The first kappa shape index (κ1) is 28.3. The molecular formula is C32H28F2N6O3S. The number of nitriles is 1. The van der Waals surface area contributed by atoms with Crippen LogP contribution in [0.15, 0.2) is 65.7 Å². The van der Waals surface area contributed by atoms with Crippen molar-refractivity contribution in [1.29, 1.82) is 5.26 Å². The molecule has 0 radical (unpaired) electrons. The maximum Gasteiger partial charge on any atom is 0.265 e. The Kier molecular flexibility index (Phi) is 7.22. The van der Waals surface area contributed by atoms with E-state index in [4.69, 9.17) is 4.74 Å². The normalized spacial score (nSPS) is 19.4. The van der Waals surface area contributed by atoms with E-state index < -0.39 is 12.0 Å². The number of carbonyl (C=O) groups excluding carboxylic acids is 1. The molecule has 1 atom stereocenters. The monoisotopic (exact) mass is 614 g/mol. The Balaban J connectivity index is 1.10. The topological polar surface area (TPSA) is 103 Å². The van der Waals surface area contributed by atoms with Gasteiger partial charge in [-0.1, -0.05) is 0 Å². The van der Waals surface area contributed by atoms with E-state index in [9.17, 15) is 23.6 Å². The second-order valence-corrected chi connectivity index (χ2v) is 12.7. The molecule has 7 rings (SSSR count). The van der Waals surface area contributed by atoms with E-state index in [1.165, 1.54) is 29.1 Å². The Bertz CT molecular complexity index is 1850. The number of hydrogen-bond acceptors (Lipinski definition) is 9. The lowest BCUT2D eigenvalue weighted by molar-refractivity contribution is -0.118. The number of hydrogen-bond donors (Lipinski definition) is 1. The molecule has 1 aliphatic carbocycles. The lowest BCUT2D eigenvalue weighted by Crippen LogP contribution is -2.62. The molecule has 3 fully saturated rings. The summed E-state index contributed by atoms with van der Waals surface area (Å²) in [5, 5.41) is 10.1. The van der Waals surface area contributed by atoms with Crippen LogP contribution in [0.3, 0.4) is 0 Å². The Morgan fingerprint density at radius 3 is 2.59 bits per heavy atom. The molecule has 2 saturated heterocycles. The lowest BCUT2D eigenvalue weighted by Gasteiger charge is -2.59. The number of halogens is 2. The third kappa shape index (κ3) is 5.16. The van der Waals surface area contributed by atoms with Gasteiger partial charge in [-0.15, -0.1) is 0 Å². The van der Waals surface area contributed by atoms with Gasteiger partial charge in [0.1, 0.15) is 36.2 Å². The molecule has 44 heavy (non-hydrogen) atoms. The number of aldehydes is 1. The summed E-state index contributed by atoms with van der Waals surface area (Å²) in [5.74, 6) is -0.647. The summed E-state index contributed by atoms with van der Waals surface area (Å²) in [7, 11) is 0. The predicted molar refractivity (Wildman–Crippen MR) is 164 cm³/mol. The van der Waals surface area contributed by atoms with Crippen LogP contribution in [-0.2, 0) is 4.79 Å². The van der Waals surface area contributed by atoms with Gasteiger partial charge in [-0.2, -0.15) is 5.26 Å². The highest BCUT2D eigenvalue weighted by Gasteiger charge is 2.52. The van der Waals surface area contributed by atoms with Crippen LogP contribution in [0.2, 0.25) is 0 Å². The molecule has 2 aliphatic heterocycles. The molecule has 4 aromatic rings. The quantitative estimate of drug-likeness (QED) is 0.200. The number of carbonyl (C=O) groups is 1. The number of anilines is 2.